The van der Waals surface area contributed by atoms with Gasteiger partial charge in [0.2, 0.25) is 0 Å². The fraction of sp³-hybridized carbons (Fsp3) is 0.484. The summed E-state index contributed by atoms with van der Waals surface area (Å²) in [7, 11) is -2.91. The highest BCUT2D eigenvalue weighted by Crippen LogP contribution is 2.27. The average molecular weight is 611 g/mol. The molecule has 12 heteroatoms. The van der Waals surface area contributed by atoms with Crippen LogP contribution in [0, 0.1) is 0 Å². The fourth-order valence-corrected chi connectivity index (χ4v) is 6.25. The van der Waals surface area contributed by atoms with Crippen LogP contribution in [0.3, 0.4) is 0 Å². The van der Waals surface area contributed by atoms with E-state index in [1.54, 1.807) is 4.68 Å². The third kappa shape index (κ3) is 8.79. The first-order valence-electron chi connectivity index (χ1n) is 14.8. The van der Waals surface area contributed by atoms with E-state index in [9.17, 15) is 13.2 Å². The van der Waals surface area contributed by atoms with E-state index in [1.165, 1.54) is 0 Å². The highest BCUT2D eigenvalue weighted by molar-refractivity contribution is 7.91. The van der Waals surface area contributed by atoms with Crippen molar-refractivity contribution >= 4 is 27.4 Å². The largest absolute Gasteiger partial charge is 0.492 e. The fourth-order valence-electron chi connectivity index (χ4n) is 4.97. The standard InChI is InChI=1S/C31H42N6O5S/c1-31(2,3)28-22-29(37(34-28)26-8-4-24(5-9-26)23-36-15-20-43(39,40)21-16-36)33-30(38)32-25-6-10-27(11-7-25)42-19-14-35-12-17-41-18-13-35/h4-11,22H,12-21,23H2,1-3H3,(H2,32,33,38). The molecule has 3 heterocycles. The summed E-state index contributed by atoms with van der Waals surface area (Å²) in [5.74, 6) is 1.72. The Bertz CT molecular complexity index is 1460. The van der Waals surface area contributed by atoms with Gasteiger partial charge in [0, 0.05) is 56.4 Å². The van der Waals surface area contributed by atoms with E-state index < -0.39 is 9.84 Å². The first-order valence-corrected chi connectivity index (χ1v) is 16.6. The van der Waals surface area contributed by atoms with Crippen LogP contribution < -0.4 is 15.4 Å². The van der Waals surface area contributed by atoms with Crippen LogP contribution in [0.5, 0.6) is 5.75 Å². The number of carbonyl (C=O) groups is 1. The number of hydrogen-bond donors (Lipinski definition) is 2. The van der Waals surface area contributed by atoms with Gasteiger partial charge in [0.25, 0.3) is 0 Å². The highest BCUT2D eigenvalue weighted by Gasteiger charge is 2.23. The molecule has 3 aromatic rings. The molecule has 0 aliphatic carbocycles. The number of urea groups is 1. The predicted octanol–water partition coefficient (Wildman–Crippen LogP) is 3.76. The lowest BCUT2D eigenvalue weighted by molar-refractivity contribution is 0.0322. The van der Waals surface area contributed by atoms with Crippen LogP contribution in [-0.4, -0.2) is 98.1 Å². The van der Waals surface area contributed by atoms with E-state index in [1.807, 2.05) is 54.6 Å². The lowest BCUT2D eigenvalue weighted by Gasteiger charge is -2.26. The van der Waals surface area contributed by atoms with Crippen LogP contribution in [0.25, 0.3) is 5.69 Å². The Labute approximate surface area is 254 Å². The van der Waals surface area contributed by atoms with E-state index in [0.29, 0.717) is 37.7 Å². The normalized spacial score (nSPS) is 17.8. The predicted molar refractivity (Wildman–Crippen MR) is 168 cm³/mol. The van der Waals surface area contributed by atoms with Gasteiger partial charge in [-0.2, -0.15) is 5.10 Å². The number of nitrogens with zero attached hydrogens (tertiary/aromatic N) is 4. The number of benzene rings is 2. The van der Waals surface area contributed by atoms with E-state index >= 15 is 0 Å². The van der Waals surface area contributed by atoms with Gasteiger partial charge in [-0.3, -0.25) is 15.1 Å². The van der Waals surface area contributed by atoms with E-state index in [0.717, 1.165) is 55.5 Å². The summed E-state index contributed by atoms with van der Waals surface area (Å²) >= 11 is 0. The van der Waals surface area contributed by atoms with Gasteiger partial charge in [-0.1, -0.05) is 32.9 Å². The first-order chi connectivity index (χ1) is 20.5. The Morgan fingerprint density at radius 3 is 2.26 bits per heavy atom. The van der Waals surface area contributed by atoms with Crippen molar-refractivity contribution in [2.24, 2.45) is 0 Å². The van der Waals surface area contributed by atoms with Gasteiger partial charge >= 0.3 is 6.03 Å². The average Bonchev–Trinajstić information content (AvgIpc) is 3.40. The number of nitrogens with one attached hydrogen (secondary N) is 2. The molecule has 0 bridgehead atoms. The maximum Gasteiger partial charge on any atom is 0.324 e. The number of hydrogen-bond acceptors (Lipinski definition) is 8. The van der Waals surface area contributed by atoms with Gasteiger partial charge in [0.05, 0.1) is 36.1 Å². The first kappa shape index (κ1) is 31.0. The summed E-state index contributed by atoms with van der Waals surface area (Å²) < 4.78 is 36.5. The Hall–Kier alpha value is -3.45. The van der Waals surface area contributed by atoms with E-state index in [-0.39, 0.29) is 23.0 Å². The molecular weight excluding hydrogens is 568 g/mol. The highest BCUT2D eigenvalue weighted by atomic mass is 32.2. The van der Waals surface area contributed by atoms with Crippen molar-refractivity contribution < 1.29 is 22.7 Å². The number of amides is 2. The summed E-state index contributed by atoms with van der Waals surface area (Å²) in [5.41, 5.74) is 3.18. The zero-order chi connectivity index (χ0) is 30.5. The van der Waals surface area contributed by atoms with Crippen LogP contribution in [0.1, 0.15) is 32.0 Å². The smallest absolute Gasteiger partial charge is 0.324 e. The van der Waals surface area contributed by atoms with Crippen LogP contribution in [0.4, 0.5) is 16.3 Å². The number of sulfone groups is 1. The van der Waals surface area contributed by atoms with Crippen molar-refractivity contribution in [2.45, 2.75) is 32.7 Å². The molecule has 2 aliphatic heterocycles. The number of aromatic nitrogens is 2. The van der Waals surface area contributed by atoms with Crippen molar-refractivity contribution in [3.8, 4) is 11.4 Å². The second-order valence-electron chi connectivity index (χ2n) is 12.1. The molecule has 2 amide bonds. The Morgan fingerprint density at radius 1 is 0.930 bits per heavy atom. The Kier molecular flexibility index (Phi) is 9.70. The molecule has 0 saturated carbocycles. The number of morpholine rings is 1. The molecular formula is C31H42N6O5S. The topological polar surface area (TPSA) is 118 Å². The molecule has 2 aliphatic rings. The molecule has 2 saturated heterocycles. The molecule has 2 fully saturated rings. The number of rotatable bonds is 9. The van der Waals surface area contributed by atoms with Gasteiger partial charge in [-0.15, -0.1) is 0 Å². The zero-order valence-electron chi connectivity index (χ0n) is 25.2. The molecule has 1 aromatic heterocycles. The molecule has 11 nitrogen and oxygen atoms in total. The Morgan fingerprint density at radius 2 is 1.60 bits per heavy atom. The monoisotopic (exact) mass is 610 g/mol. The third-order valence-electron chi connectivity index (χ3n) is 7.64. The number of anilines is 2. The lowest BCUT2D eigenvalue weighted by atomic mass is 9.92. The lowest BCUT2D eigenvalue weighted by Crippen LogP contribution is -2.39. The van der Waals surface area contributed by atoms with E-state index in [2.05, 4.69) is 41.2 Å². The minimum atomic E-state index is -2.91. The van der Waals surface area contributed by atoms with Gasteiger partial charge in [0.1, 0.15) is 18.2 Å². The van der Waals surface area contributed by atoms with Gasteiger partial charge in [-0.05, 0) is 42.0 Å². The van der Waals surface area contributed by atoms with Crippen molar-refractivity contribution in [3.63, 3.8) is 0 Å². The summed E-state index contributed by atoms with van der Waals surface area (Å²) in [6, 6.07) is 16.8. The summed E-state index contributed by atoms with van der Waals surface area (Å²) in [6.45, 7) is 12.9. The van der Waals surface area contributed by atoms with Crippen LogP contribution in [0.2, 0.25) is 0 Å². The second kappa shape index (κ2) is 13.5. The van der Waals surface area contributed by atoms with E-state index in [4.69, 9.17) is 14.6 Å². The van der Waals surface area contributed by atoms with Crippen molar-refractivity contribution in [1.29, 1.82) is 0 Å². The molecule has 0 spiro atoms. The molecule has 0 unspecified atom stereocenters. The second-order valence-corrected chi connectivity index (χ2v) is 14.4. The van der Waals surface area contributed by atoms with Crippen molar-refractivity contribution in [3.05, 3.63) is 65.9 Å². The molecule has 0 radical (unpaired) electrons. The van der Waals surface area contributed by atoms with Crippen LogP contribution in [-0.2, 0) is 26.5 Å². The SMILES string of the molecule is CC(C)(C)c1cc(NC(=O)Nc2ccc(OCCN3CCOCC3)cc2)n(-c2ccc(CN3CCS(=O)(=O)CC3)cc2)n1. The molecule has 2 aromatic carbocycles. The van der Waals surface area contributed by atoms with Gasteiger partial charge < -0.3 is 14.8 Å². The minimum absolute atomic E-state index is 0.207. The Balaban J connectivity index is 1.20. The summed E-state index contributed by atoms with van der Waals surface area (Å²) in [5, 5.41) is 10.7. The van der Waals surface area contributed by atoms with Gasteiger partial charge in [0.15, 0.2) is 9.84 Å². The van der Waals surface area contributed by atoms with Crippen LogP contribution >= 0.6 is 0 Å². The maximum atomic E-state index is 13.0. The molecule has 0 atom stereocenters. The third-order valence-corrected chi connectivity index (χ3v) is 9.24. The maximum absolute atomic E-state index is 13.0. The van der Waals surface area contributed by atoms with Crippen molar-refractivity contribution in [1.82, 2.24) is 19.6 Å². The summed E-state index contributed by atoms with van der Waals surface area (Å²) in [6.07, 6.45) is 0. The molecule has 43 heavy (non-hydrogen) atoms. The molecule has 5 rings (SSSR count). The van der Waals surface area contributed by atoms with Crippen molar-refractivity contribution in [2.75, 3.05) is 74.7 Å². The zero-order valence-corrected chi connectivity index (χ0v) is 26.0. The molecule has 2 N–H and O–H groups in total. The van der Waals surface area contributed by atoms with Gasteiger partial charge in [-0.25, -0.2) is 17.9 Å². The summed E-state index contributed by atoms with van der Waals surface area (Å²) in [4.78, 5) is 17.5. The quantitative estimate of drug-likeness (QED) is 0.376. The minimum Gasteiger partial charge on any atom is -0.492 e. The number of ether oxygens (including phenoxy) is 2. The van der Waals surface area contributed by atoms with Crippen LogP contribution in [0.15, 0.2) is 54.6 Å². The molecule has 232 valence electrons. The number of carbonyl (C=O) groups excluding carboxylic acids is 1.